The first-order valence-electron chi connectivity index (χ1n) is 9.49. The zero-order valence-corrected chi connectivity index (χ0v) is 15.8. The Morgan fingerprint density at radius 3 is 2.93 bits per heavy atom. The molecule has 1 fully saturated rings. The van der Waals surface area contributed by atoms with Crippen molar-refractivity contribution >= 4 is 22.5 Å². The van der Waals surface area contributed by atoms with Gasteiger partial charge in [0.15, 0.2) is 11.8 Å². The number of aromatic nitrogens is 4. The van der Waals surface area contributed by atoms with Crippen LogP contribution in [0.3, 0.4) is 0 Å². The molecule has 152 valence electrons. The molecule has 0 N–H and O–H groups in total. The van der Waals surface area contributed by atoms with Gasteiger partial charge in [0, 0.05) is 36.8 Å². The number of hydrogen-bond donors (Lipinski definition) is 0. The number of ether oxygens (including phenoxy) is 1. The third-order valence-corrected chi connectivity index (χ3v) is 5.21. The first kappa shape index (κ1) is 18.4. The van der Waals surface area contributed by atoms with Gasteiger partial charge in [-0.15, -0.1) is 0 Å². The average Bonchev–Trinajstić information content (AvgIpc) is 3.19. The van der Waals surface area contributed by atoms with Crippen LogP contribution in [-0.2, 0) is 0 Å². The molecule has 1 unspecified atom stereocenters. The molecule has 0 bridgehead atoms. The summed E-state index contributed by atoms with van der Waals surface area (Å²) in [5, 5.41) is 4.98. The van der Waals surface area contributed by atoms with Crippen LogP contribution in [0.2, 0.25) is 0 Å². The van der Waals surface area contributed by atoms with Crippen LogP contribution in [0.1, 0.15) is 16.8 Å². The molecule has 0 radical (unpaired) electrons. The summed E-state index contributed by atoms with van der Waals surface area (Å²) in [6, 6.07) is 12.4. The highest BCUT2D eigenvalue weighted by molar-refractivity contribution is 5.99. The van der Waals surface area contributed by atoms with Crippen LogP contribution in [0, 0.1) is 0 Å². The molecule has 1 amide bonds. The largest absolute Gasteiger partial charge is 0.466 e. The molecule has 5 rings (SSSR count). The maximum absolute atomic E-state index is 14.6. The summed E-state index contributed by atoms with van der Waals surface area (Å²) >= 11 is 0. The maximum atomic E-state index is 14.6. The van der Waals surface area contributed by atoms with Crippen LogP contribution in [0.25, 0.3) is 16.6 Å². The number of alkyl halides is 2. The molecule has 1 aliphatic rings. The second kappa shape index (κ2) is 7.01. The number of para-hydroxylation sites is 1. The van der Waals surface area contributed by atoms with Crippen molar-refractivity contribution in [2.75, 3.05) is 13.1 Å². The molecule has 30 heavy (non-hydrogen) atoms. The quantitative estimate of drug-likeness (QED) is 0.520. The van der Waals surface area contributed by atoms with Crippen LogP contribution in [0.5, 0.6) is 5.88 Å². The third-order valence-electron chi connectivity index (χ3n) is 5.21. The van der Waals surface area contributed by atoms with Crippen LogP contribution in [0.4, 0.5) is 8.78 Å². The topological polar surface area (TPSA) is 72.6 Å². The maximum Gasteiger partial charge on any atom is 0.287 e. The summed E-state index contributed by atoms with van der Waals surface area (Å²) in [7, 11) is 0. The van der Waals surface area contributed by atoms with Gasteiger partial charge in [-0.2, -0.15) is 5.10 Å². The number of amides is 1. The van der Waals surface area contributed by atoms with E-state index < -0.39 is 24.4 Å². The van der Waals surface area contributed by atoms with Gasteiger partial charge in [-0.05, 0) is 18.2 Å². The van der Waals surface area contributed by atoms with E-state index in [-0.39, 0.29) is 24.5 Å². The lowest BCUT2D eigenvalue weighted by atomic mass is 10.0. The van der Waals surface area contributed by atoms with Gasteiger partial charge < -0.3 is 9.64 Å². The van der Waals surface area contributed by atoms with Gasteiger partial charge in [0.05, 0.1) is 18.3 Å². The molecule has 0 aliphatic carbocycles. The van der Waals surface area contributed by atoms with E-state index in [1.165, 1.54) is 15.6 Å². The minimum absolute atomic E-state index is 0.0823. The zero-order chi connectivity index (χ0) is 20.7. The van der Waals surface area contributed by atoms with E-state index in [4.69, 9.17) is 4.74 Å². The van der Waals surface area contributed by atoms with Gasteiger partial charge in [-0.25, -0.2) is 23.3 Å². The van der Waals surface area contributed by atoms with Gasteiger partial charge in [0.25, 0.3) is 11.8 Å². The Balaban J connectivity index is 1.39. The van der Waals surface area contributed by atoms with E-state index >= 15 is 0 Å². The molecule has 1 aliphatic heterocycles. The zero-order valence-electron chi connectivity index (χ0n) is 15.8. The highest BCUT2D eigenvalue weighted by Gasteiger charge is 2.47. The number of pyridine rings is 1. The smallest absolute Gasteiger partial charge is 0.287 e. The lowest BCUT2D eigenvalue weighted by molar-refractivity contribution is -0.131. The van der Waals surface area contributed by atoms with E-state index in [9.17, 15) is 13.6 Å². The van der Waals surface area contributed by atoms with E-state index in [1.54, 1.807) is 36.7 Å². The van der Waals surface area contributed by atoms with Gasteiger partial charge in [-0.1, -0.05) is 18.2 Å². The van der Waals surface area contributed by atoms with Crippen LogP contribution in [0.15, 0.2) is 61.1 Å². The van der Waals surface area contributed by atoms with Crippen molar-refractivity contribution in [1.29, 1.82) is 0 Å². The molecule has 7 nitrogen and oxygen atoms in total. The predicted molar refractivity (Wildman–Crippen MR) is 105 cm³/mol. The Bertz CT molecular complexity index is 1240. The second-order valence-corrected chi connectivity index (χ2v) is 7.16. The fourth-order valence-corrected chi connectivity index (χ4v) is 3.59. The number of rotatable bonds is 3. The van der Waals surface area contributed by atoms with Crippen LogP contribution < -0.4 is 4.74 Å². The molecule has 1 aromatic carbocycles. The van der Waals surface area contributed by atoms with Gasteiger partial charge >= 0.3 is 0 Å². The summed E-state index contributed by atoms with van der Waals surface area (Å²) in [5.74, 6) is -3.38. The van der Waals surface area contributed by atoms with Crippen molar-refractivity contribution in [3.63, 3.8) is 0 Å². The van der Waals surface area contributed by atoms with E-state index in [0.717, 1.165) is 5.39 Å². The summed E-state index contributed by atoms with van der Waals surface area (Å²) in [5.41, 5.74) is 1.30. The monoisotopic (exact) mass is 409 g/mol. The second-order valence-electron chi connectivity index (χ2n) is 7.16. The summed E-state index contributed by atoms with van der Waals surface area (Å²) in [6.45, 7) is -0.342. The number of halogens is 2. The van der Waals surface area contributed by atoms with E-state index in [0.29, 0.717) is 11.2 Å². The Kier molecular flexibility index (Phi) is 4.30. The summed E-state index contributed by atoms with van der Waals surface area (Å²) < 4.78 is 36.2. The number of benzene rings is 1. The number of carbonyl (C=O) groups is 1. The van der Waals surface area contributed by atoms with Crippen LogP contribution in [-0.4, -0.2) is 55.5 Å². The first-order valence-corrected chi connectivity index (χ1v) is 9.49. The van der Waals surface area contributed by atoms with Gasteiger partial charge in [0.2, 0.25) is 5.88 Å². The number of carbonyl (C=O) groups excluding carboxylic acids is 1. The first-order chi connectivity index (χ1) is 14.5. The Morgan fingerprint density at radius 2 is 2.03 bits per heavy atom. The number of likely N-dealkylation sites (tertiary alicyclic amines) is 1. The minimum Gasteiger partial charge on any atom is -0.466 e. The lowest BCUT2D eigenvalue weighted by Gasteiger charge is -2.37. The van der Waals surface area contributed by atoms with Crippen molar-refractivity contribution in [1.82, 2.24) is 24.5 Å². The molecular weight excluding hydrogens is 392 g/mol. The molecule has 3 aromatic heterocycles. The lowest BCUT2D eigenvalue weighted by Crippen LogP contribution is -2.55. The third kappa shape index (κ3) is 3.22. The molecule has 4 aromatic rings. The molecular formula is C21H17F2N5O2. The van der Waals surface area contributed by atoms with E-state index in [2.05, 4.69) is 15.1 Å². The molecule has 0 spiro atoms. The average molecular weight is 409 g/mol. The van der Waals surface area contributed by atoms with Crippen molar-refractivity contribution in [2.24, 2.45) is 0 Å². The molecule has 9 heteroatoms. The van der Waals surface area contributed by atoms with Gasteiger partial charge in [0.1, 0.15) is 5.56 Å². The Hall–Kier alpha value is -3.62. The minimum atomic E-state index is -3.08. The van der Waals surface area contributed by atoms with E-state index in [1.807, 2.05) is 18.2 Å². The van der Waals surface area contributed by atoms with Crippen molar-refractivity contribution in [2.45, 2.75) is 18.4 Å². The van der Waals surface area contributed by atoms with Crippen molar-refractivity contribution in [3.05, 3.63) is 66.6 Å². The molecule has 1 atom stereocenters. The fraction of sp³-hybridized carbons (Fsp3) is 0.238. The summed E-state index contributed by atoms with van der Waals surface area (Å²) in [6.07, 6.45) is 2.62. The van der Waals surface area contributed by atoms with Crippen molar-refractivity contribution in [3.8, 4) is 5.88 Å². The van der Waals surface area contributed by atoms with Gasteiger partial charge in [-0.3, -0.25) is 4.79 Å². The summed E-state index contributed by atoms with van der Waals surface area (Å²) in [4.78, 5) is 22.8. The molecule has 1 saturated heterocycles. The predicted octanol–water partition coefficient (Wildman–Crippen LogP) is 3.21. The van der Waals surface area contributed by atoms with Crippen LogP contribution >= 0.6 is 0 Å². The number of fused-ring (bicyclic) bond motifs is 2. The Labute approximate surface area is 169 Å². The number of piperidine rings is 1. The normalized spacial score (nSPS) is 18.6. The Morgan fingerprint density at radius 1 is 1.17 bits per heavy atom. The standard InChI is InChI=1S/C21H17F2N5O2/c22-21(23)8-11-27(20(29)15-12-25-28-10-3-9-24-19(15)28)13-17(21)30-18-7-6-14-4-1-2-5-16(14)26-18/h1-7,9-10,12,17H,8,11,13H2. The fourth-order valence-electron chi connectivity index (χ4n) is 3.59. The highest BCUT2D eigenvalue weighted by Crippen LogP contribution is 2.32. The molecule has 4 heterocycles. The highest BCUT2D eigenvalue weighted by atomic mass is 19.3. The van der Waals surface area contributed by atoms with Crippen molar-refractivity contribution < 1.29 is 18.3 Å². The number of hydrogen-bond acceptors (Lipinski definition) is 5. The molecule has 0 saturated carbocycles. The number of nitrogens with zero attached hydrogens (tertiary/aromatic N) is 5. The SMILES string of the molecule is O=C(c1cnn2cccnc12)N1CCC(F)(F)C(Oc2ccc3ccccc3n2)C1.